The first-order chi connectivity index (χ1) is 18.0. The highest BCUT2D eigenvalue weighted by Crippen LogP contribution is 2.28. The van der Waals surface area contributed by atoms with Crippen LogP contribution in [0.2, 0.25) is 0 Å². The maximum atomic E-state index is 12.9. The van der Waals surface area contributed by atoms with E-state index < -0.39 is 11.9 Å². The number of para-hydroxylation sites is 1. The van der Waals surface area contributed by atoms with Crippen molar-refractivity contribution in [3.8, 4) is 11.5 Å². The van der Waals surface area contributed by atoms with E-state index in [-0.39, 0.29) is 29.3 Å². The molecule has 3 amide bonds. The number of rotatable bonds is 7. The Kier molecular flexibility index (Phi) is 7.02. The summed E-state index contributed by atoms with van der Waals surface area (Å²) in [6.07, 6.45) is 6.58. The van der Waals surface area contributed by atoms with Gasteiger partial charge < -0.3 is 24.8 Å². The van der Waals surface area contributed by atoms with Crippen molar-refractivity contribution < 1.29 is 23.2 Å². The Labute approximate surface area is 213 Å². The normalized spacial score (nSPS) is 14.7. The summed E-state index contributed by atoms with van der Waals surface area (Å²) in [7, 11) is 1.57. The number of aromatic nitrogens is 1. The summed E-state index contributed by atoms with van der Waals surface area (Å²) >= 11 is 0. The maximum absolute atomic E-state index is 12.9. The molecule has 1 fully saturated rings. The predicted octanol–water partition coefficient (Wildman–Crippen LogP) is 4.76. The lowest BCUT2D eigenvalue weighted by molar-refractivity contribution is -0.124. The van der Waals surface area contributed by atoms with Crippen molar-refractivity contribution in [1.29, 1.82) is 0 Å². The number of carbonyl (C=O) groups is 3. The molecule has 0 bridgehead atoms. The third kappa shape index (κ3) is 5.40. The number of pyridine rings is 1. The number of likely N-dealkylation sites (N-methyl/N-ethyl adjacent to an activating group) is 1. The molecule has 1 aliphatic rings. The van der Waals surface area contributed by atoms with Crippen molar-refractivity contribution >= 4 is 34.4 Å². The Hall–Kier alpha value is -4.40. The SMILES string of the molecule is CNC(=O)C(NC(=O)c1ccc(-c2ccc(NC(=O)c3cc4ccccc4o3)cn2)o1)C1CCCCC1. The first-order valence-corrected chi connectivity index (χ1v) is 12.4. The van der Waals surface area contributed by atoms with Crippen molar-refractivity contribution in [3.05, 3.63) is 72.3 Å². The Balaban J connectivity index is 1.24. The van der Waals surface area contributed by atoms with E-state index in [2.05, 4.69) is 20.9 Å². The minimum atomic E-state index is -0.598. The van der Waals surface area contributed by atoms with Gasteiger partial charge in [-0.25, -0.2) is 0 Å². The number of hydrogen-bond donors (Lipinski definition) is 3. The first-order valence-electron chi connectivity index (χ1n) is 12.4. The molecule has 1 atom stereocenters. The lowest BCUT2D eigenvalue weighted by atomic mass is 9.83. The second kappa shape index (κ2) is 10.7. The molecule has 3 N–H and O–H groups in total. The van der Waals surface area contributed by atoms with Crippen molar-refractivity contribution in [3.63, 3.8) is 0 Å². The van der Waals surface area contributed by atoms with E-state index in [1.807, 2.05) is 18.2 Å². The number of anilines is 1. The van der Waals surface area contributed by atoms with Crippen molar-refractivity contribution in [1.82, 2.24) is 15.6 Å². The van der Waals surface area contributed by atoms with Gasteiger partial charge in [0.2, 0.25) is 5.91 Å². The number of fused-ring (bicyclic) bond motifs is 1. The standard InChI is InChI=1S/C28H28N4O5/c1-29-28(35)25(17-7-3-2-4-8-17)32-26(33)23-14-13-22(37-23)20-12-11-19(16-30-20)31-27(34)24-15-18-9-5-6-10-21(18)36-24/h5-6,9-17,25H,2-4,7-8H2,1H3,(H,29,35)(H,31,34)(H,32,33). The Morgan fingerprint density at radius 3 is 2.46 bits per heavy atom. The van der Waals surface area contributed by atoms with E-state index >= 15 is 0 Å². The van der Waals surface area contributed by atoms with Gasteiger partial charge in [-0.15, -0.1) is 0 Å². The van der Waals surface area contributed by atoms with E-state index in [0.29, 0.717) is 22.7 Å². The molecule has 0 radical (unpaired) electrons. The number of nitrogens with zero attached hydrogens (tertiary/aromatic N) is 1. The summed E-state index contributed by atoms with van der Waals surface area (Å²) in [5.41, 5.74) is 1.62. The van der Waals surface area contributed by atoms with Gasteiger partial charge in [-0.2, -0.15) is 0 Å². The van der Waals surface area contributed by atoms with Crippen LogP contribution in [0.1, 0.15) is 53.2 Å². The third-order valence-electron chi connectivity index (χ3n) is 6.69. The molecular weight excluding hydrogens is 472 g/mol. The minimum Gasteiger partial charge on any atom is -0.451 e. The molecule has 5 rings (SSSR count). The lowest BCUT2D eigenvalue weighted by Crippen LogP contribution is -2.50. The minimum absolute atomic E-state index is 0.101. The zero-order valence-corrected chi connectivity index (χ0v) is 20.5. The van der Waals surface area contributed by atoms with Crippen LogP contribution in [0.4, 0.5) is 5.69 Å². The van der Waals surface area contributed by atoms with Crippen LogP contribution in [0.15, 0.2) is 69.6 Å². The summed E-state index contributed by atoms with van der Waals surface area (Å²) in [4.78, 5) is 42.2. The monoisotopic (exact) mass is 500 g/mol. The third-order valence-corrected chi connectivity index (χ3v) is 6.69. The Morgan fingerprint density at radius 2 is 1.73 bits per heavy atom. The van der Waals surface area contributed by atoms with Gasteiger partial charge in [0.05, 0.1) is 11.9 Å². The fourth-order valence-corrected chi connectivity index (χ4v) is 4.73. The largest absolute Gasteiger partial charge is 0.451 e. The van der Waals surface area contributed by atoms with Crippen LogP contribution < -0.4 is 16.0 Å². The molecule has 1 saturated carbocycles. The van der Waals surface area contributed by atoms with E-state index in [1.54, 1.807) is 43.4 Å². The summed E-state index contributed by atoms with van der Waals surface area (Å²) in [6.45, 7) is 0. The summed E-state index contributed by atoms with van der Waals surface area (Å²) in [6, 6.07) is 15.1. The van der Waals surface area contributed by atoms with Crippen LogP contribution in [0.3, 0.4) is 0 Å². The van der Waals surface area contributed by atoms with Crippen molar-refractivity contribution in [2.75, 3.05) is 12.4 Å². The van der Waals surface area contributed by atoms with Gasteiger partial charge in [-0.1, -0.05) is 37.5 Å². The smallest absolute Gasteiger partial charge is 0.291 e. The van der Waals surface area contributed by atoms with Crippen molar-refractivity contribution in [2.24, 2.45) is 5.92 Å². The lowest BCUT2D eigenvalue weighted by Gasteiger charge is -2.29. The van der Waals surface area contributed by atoms with Crippen LogP contribution >= 0.6 is 0 Å². The van der Waals surface area contributed by atoms with Gasteiger partial charge in [-0.3, -0.25) is 19.4 Å². The van der Waals surface area contributed by atoms with E-state index in [4.69, 9.17) is 8.83 Å². The highest BCUT2D eigenvalue weighted by molar-refractivity contribution is 6.04. The number of carbonyl (C=O) groups excluding carboxylic acids is 3. The molecule has 37 heavy (non-hydrogen) atoms. The summed E-state index contributed by atoms with van der Waals surface area (Å²) in [5, 5.41) is 9.12. The van der Waals surface area contributed by atoms with E-state index in [0.717, 1.165) is 37.5 Å². The molecule has 0 aliphatic heterocycles. The molecule has 190 valence electrons. The van der Waals surface area contributed by atoms with E-state index in [9.17, 15) is 14.4 Å². The van der Waals surface area contributed by atoms with Crippen LogP contribution in [0.5, 0.6) is 0 Å². The molecule has 1 unspecified atom stereocenters. The first kappa shape index (κ1) is 24.3. The van der Waals surface area contributed by atoms with Gasteiger partial charge in [-0.05, 0) is 55.2 Å². The zero-order valence-electron chi connectivity index (χ0n) is 20.5. The van der Waals surface area contributed by atoms with Crippen LogP contribution in [0, 0.1) is 5.92 Å². The quantitative estimate of drug-likeness (QED) is 0.336. The van der Waals surface area contributed by atoms with Gasteiger partial charge in [0.15, 0.2) is 17.3 Å². The average molecular weight is 501 g/mol. The fourth-order valence-electron chi connectivity index (χ4n) is 4.73. The van der Waals surface area contributed by atoms with Crippen LogP contribution in [-0.2, 0) is 4.79 Å². The number of benzene rings is 1. The van der Waals surface area contributed by atoms with E-state index in [1.165, 1.54) is 6.20 Å². The fraction of sp³-hybridized carbons (Fsp3) is 0.286. The molecule has 0 spiro atoms. The molecule has 1 aliphatic carbocycles. The van der Waals surface area contributed by atoms with Gasteiger partial charge in [0, 0.05) is 12.4 Å². The number of amides is 3. The Morgan fingerprint density at radius 1 is 0.919 bits per heavy atom. The van der Waals surface area contributed by atoms with Gasteiger partial charge >= 0.3 is 0 Å². The average Bonchev–Trinajstić information content (AvgIpc) is 3.60. The molecular formula is C28H28N4O5. The molecule has 9 nitrogen and oxygen atoms in total. The van der Waals surface area contributed by atoms with Crippen LogP contribution in [0.25, 0.3) is 22.4 Å². The number of furan rings is 2. The molecule has 0 saturated heterocycles. The Bertz CT molecular complexity index is 1380. The summed E-state index contributed by atoms with van der Waals surface area (Å²) < 4.78 is 11.3. The molecule has 3 heterocycles. The van der Waals surface area contributed by atoms with Crippen molar-refractivity contribution in [2.45, 2.75) is 38.1 Å². The second-order valence-corrected chi connectivity index (χ2v) is 9.16. The summed E-state index contributed by atoms with van der Waals surface area (Å²) in [5.74, 6) is -0.218. The predicted molar refractivity (Wildman–Crippen MR) is 138 cm³/mol. The maximum Gasteiger partial charge on any atom is 0.291 e. The highest BCUT2D eigenvalue weighted by Gasteiger charge is 2.31. The molecule has 4 aromatic rings. The van der Waals surface area contributed by atoms with Gasteiger partial charge in [0.1, 0.15) is 17.3 Å². The molecule has 9 heteroatoms. The molecule has 1 aromatic carbocycles. The zero-order chi connectivity index (χ0) is 25.8. The highest BCUT2D eigenvalue weighted by atomic mass is 16.4. The second-order valence-electron chi connectivity index (χ2n) is 9.16. The molecule has 3 aromatic heterocycles. The van der Waals surface area contributed by atoms with Gasteiger partial charge in [0.25, 0.3) is 11.8 Å². The number of nitrogens with one attached hydrogen (secondary N) is 3. The number of hydrogen-bond acceptors (Lipinski definition) is 6. The van der Waals surface area contributed by atoms with Crippen LogP contribution in [-0.4, -0.2) is 35.8 Å². The topological polar surface area (TPSA) is 126 Å².